The van der Waals surface area contributed by atoms with Gasteiger partial charge in [0.2, 0.25) is 11.8 Å². The molecule has 0 saturated carbocycles. The fraction of sp³-hybridized carbons (Fsp3) is 0.579. The molecule has 1 aromatic carbocycles. The minimum Gasteiger partial charge on any atom is -0.368 e. The number of para-hydroxylation sites is 1. The van der Waals surface area contributed by atoms with Crippen molar-refractivity contribution in [3.05, 3.63) is 30.3 Å². The van der Waals surface area contributed by atoms with Crippen LogP contribution >= 0.6 is 24.8 Å². The van der Waals surface area contributed by atoms with Crippen molar-refractivity contribution >= 4 is 42.3 Å². The zero-order valence-corrected chi connectivity index (χ0v) is 17.8. The van der Waals surface area contributed by atoms with Crippen LogP contribution in [0, 0.1) is 5.41 Å². The molecule has 2 rings (SSSR count). The van der Waals surface area contributed by atoms with Crippen LogP contribution in [-0.4, -0.2) is 56.0 Å². The van der Waals surface area contributed by atoms with Crippen molar-refractivity contribution in [2.75, 3.05) is 44.2 Å². The minimum atomic E-state index is -0.563. The molecule has 1 fully saturated rings. The summed E-state index contributed by atoms with van der Waals surface area (Å²) in [5.74, 6) is -0.143. The maximum Gasteiger partial charge on any atom is 0.242 e. The molecule has 154 valence electrons. The second-order valence-corrected chi connectivity index (χ2v) is 6.58. The lowest BCUT2D eigenvalue weighted by atomic mass is 9.81. The number of nitrogens with two attached hydrogens (primary N) is 1. The Labute approximate surface area is 174 Å². The summed E-state index contributed by atoms with van der Waals surface area (Å²) in [6.45, 7) is 7.23. The van der Waals surface area contributed by atoms with Gasteiger partial charge in [-0.25, -0.2) is 0 Å². The van der Waals surface area contributed by atoms with E-state index < -0.39 is 5.41 Å². The van der Waals surface area contributed by atoms with E-state index >= 15 is 0 Å². The lowest BCUT2D eigenvalue weighted by Gasteiger charge is -2.36. The number of amides is 2. The molecule has 1 aliphatic rings. The molecule has 2 amide bonds. The normalized spacial score (nSPS) is 14.0. The summed E-state index contributed by atoms with van der Waals surface area (Å²) in [6.07, 6.45) is 1.35. The van der Waals surface area contributed by atoms with Crippen LogP contribution < -0.4 is 16.0 Å². The molecule has 0 aliphatic carbocycles. The molecular formula is C19H32Cl2N4O2. The third-order valence-corrected chi connectivity index (χ3v) is 5.38. The van der Waals surface area contributed by atoms with Crippen LogP contribution in [0.4, 0.5) is 5.69 Å². The number of rotatable bonds is 7. The van der Waals surface area contributed by atoms with Gasteiger partial charge in [0.1, 0.15) is 0 Å². The molecular weight excluding hydrogens is 387 g/mol. The fourth-order valence-electron chi connectivity index (χ4n) is 3.26. The maximum absolute atomic E-state index is 12.4. The highest BCUT2D eigenvalue weighted by atomic mass is 35.5. The first-order chi connectivity index (χ1) is 12.1. The summed E-state index contributed by atoms with van der Waals surface area (Å²) < 4.78 is 0. The van der Waals surface area contributed by atoms with Crippen molar-refractivity contribution in [2.24, 2.45) is 11.1 Å². The number of nitrogens with zero attached hydrogens (tertiary/aromatic N) is 2. The molecule has 1 aromatic rings. The zero-order valence-electron chi connectivity index (χ0n) is 16.1. The summed E-state index contributed by atoms with van der Waals surface area (Å²) in [5.41, 5.74) is 6.41. The SMILES string of the molecule is CCC(CC)(CN)C(=O)NCC(=O)N1CCN(c2ccccc2)CC1.Cl.Cl. The quantitative estimate of drug-likeness (QED) is 0.709. The molecule has 0 spiro atoms. The molecule has 3 N–H and O–H groups in total. The van der Waals surface area contributed by atoms with Gasteiger partial charge in [0, 0.05) is 38.4 Å². The average molecular weight is 419 g/mol. The number of carbonyl (C=O) groups excluding carboxylic acids is 2. The fourth-order valence-corrected chi connectivity index (χ4v) is 3.26. The second-order valence-electron chi connectivity index (χ2n) is 6.58. The van der Waals surface area contributed by atoms with E-state index in [0.29, 0.717) is 32.5 Å². The Morgan fingerprint density at radius 3 is 2.07 bits per heavy atom. The minimum absolute atomic E-state index is 0. The first kappa shape index (κ1) is 25.5. The van der Waals surface area contributed by atoms with E-state index in [2.05, 4.69) is 22.3 Å². The van der Waals surface area contributed by atoms with Gasteiger partial charge in [0.15, 0.2) is 0 Å². The van der Waals surface area contributed by atoms with Gasteiger partial charge in [-0.3, -0.25) is 9.59 Å². The van der Waals surface area contributed by atoms with Crippen LogP contribution in [-0.2, 0) is 9.59 Å². The largest absolute Gasteiger partial charge is 0.368 e. The lowest BCUT2D eigenvalue weighted by molar-refractivity contribution is -0.136. The van der Waals surface area contributed by atoms with Crippen molar-refractivity contribution in [2.45, 2.75) is 26.7 Å². The number of hydrogen-bond donors (Lipinski definition) is 2. The Kier molecular flexibility index (Phi) is 11.4. The monoisotopic (exact) mass is 418 g/mol. The van der Waals surface area contributed by atoms with Gasteiger partial charge in [-0.2, -0.15) is 0 Å². The summed E-state index contributed by atoms with van der Waals surface area (Å²) in [5, 5.41) is 2.79. The molecule has 1 heterocycles. The Bertz CT molecular complexity index is 566. The van der Waals surface area contributed by atoms with Crippen molar-refractivity contribution < 1.29 is 9.59 Å². The Balaban J connectivity index is 0.00000338. The Hall–Kier alpha value is -1.50. The van der Waals surface area contributed by atoms with E-state index in [-0.39, 0.29) is 43.2 Å². The summed E-state index contributed by atoms with van der Waals surface area (Å²) >= 11 is 0. The predicted octanol–water partition coefficient (Wildman–Crippen LogP) is 2.06. The van der Waals surface area contributed by atoms with Gasteiger partial charge < -0.3 is 20.9 Å². The predicted molar refractivity (Wildman–Crippen MR) is 115 cm³/mol. The highest BCUT2D eigenvalue weighted by Gasteiger charge is 2.33. The smallest absolute Gasteiger partial charge is 0.242 e. The van der Waals surface area contributed by atoms with Gasteiger partial charge >= 0.3 is 0 Å². The van der Waals surface area contributed by atoms with E-state index in [1.54, 1.807) is 0 Å². The van der Waals surface area contributed by atoms with Gasteiger partial charge in [-0.05, 0) is 25.0 Å². The highest BCUT2D eigenvalue weighted by Crippen LogP contribution is 2.24. The van der Waals surface area contributed by atoms with E-state index in [1.165, 1.54) is 5.69 Å². The molecule has 0 bridgehead atoms. The van der Waals surface area contributed by atoms with E-state index in [4.69, 9.17) is 5.73 Å². The molecule has 6 nitrogen and oxygen atoms in total. The number of piperazine rings is 1. The van der Waals surface area contributed by atoms with Crippen LogP contribution in [0.5, 0.6) is 0 Å². The molecule has 27 heavy (non-hydrogen) atoms. The van der Waals surface area contributed by atoms with Gasteiger partial charge in [0.25, 0.3) is 0 Å². The lowest BCUT2D eigenvalue weighted by Crippen LogP contribution is -2.53. The van der Waals surface area contributed by atoms with E-state index in [0.717, 1.165) is 13.1 Å². The third kappa shape index (κ3) is 6.26. The van der Waals surface area contributed by atoms with E-state index in [9.17, 15) is 9.59 Å². The molecule has 0 atom stereocenters. The second kappa shape index (κ2) is 12.1. The molecule has 1 saturated heterocycles. The third-order valence-electron chi connectivity index (χ3n) is 5.38. The Morgan fingerprint density at radius 2 is 1.59 bits per heavy atom. The molecule has 0 aromatic heterocycles. The number of carbonyl (C=O) groups is 2. The van der Waals surface area contributed by atoms with Crippen molar-refractivity contribution in [3.8, 4) is 0 Å². The van der Waals surface area contributed by atoms with Crippen LogP contribution in [0.2, 0.25) is 0 Å². The van der Waals surface area contributed by atoms with Gasteiger partial charge in [-0.15, -0.1) is 24.8 Å². The first-order valence-electron chi connectivity index (χ1n) is 9.12. The van der Waals surface area contributed by atoms with Crippen LogP contribution in [0.3, 0.4) is 0 Å². The maximum atomic E-state index is 12.4. The summed E-state index contributed by atoms with van der Waals surface area (Å²) in [6, 6.07) is 10.2. The van der Waals surface area contributed by atoms with Crippen LogP contribution in [0.1, 0.15) is 26.7 Å². The van der Waals surface area contributed by atoms with Crippen LogP contribution in [0.25, 0.3) is 0 Å². The van der Waals surface area contributed by atoms with Crippen molar-refractivity contribution in [1.82, 2.24) is 10.2 Å². The van der Waals surface area contributed by atoms with Crippen molar-refractivity contribution in [3.63, 3.8) is 0 Å². The molecule has 0 radical (unpaired) electrons. The van der Waals surface area contributed by atoms with Crippen molar-refractivity contribution in [1.29, 1.82) is 0 Å². The standard InChI is InChI=1S/C19H30N4O2.2ClH/c1-3-19(4-2,15-20)18(25)21-14-17(24)23-12-10-22(11-13-23)16-8-6-5-7-9-16;;/h5-9H,3-4,10-15,20H2,1-2H3,(H,21,25);2*1H. The molecule has 0 unspecified atom stereocenters. The topological polar surface area (TPSA) is 78.7 Å². The number of nitrogens with one attached hydrogen (secondary N) is 1. The number of benzene rings is 1. The number of halogens is 2. The highest BCUT2D eigenvalue weighted by molar-refractivity contribution is 5.88. The zero-order chi connectivity index (χ0) is 18.3. The summed E-state index contributed by atoms with van der Waals surface area (Å²) in [4.78, 5) is 28.9. The molecule has 1 aliphatic heterocycles. The van der Waals surface area contributed by atoms with Gasteiger partial charge in [0.05, 0.1) is 12.0 Å². The molecule has 8 heteroatoms. The van der Waals surface area contributed by atoms with Gasteiger partial charge in [-0.1, -0.05) is 32.0 Å². The number of hydrogen-bond acceptors (Lipinski definition) is 4. The number of anilines is 1. The summed E-state index contributed by atoms with van der Waals surface area (Å²) in [7, 11) is 0. The Morgan fingerprint density at radius 1 is 1.04 bits per heavy atom. The average Bonchev–Trinajstić information content (AvgIpc) is 2.68. The first-order valence-corrected chi connectivity index (χ1v) is 9.12. The van der Waals surface area contributed by atoms with Crippen LogP contribution in [0.15, 0.2) is 30.3 Å². The van der Waals surface area contributed by atoms with E-state index in [1.807, 2.05) is 36.9 Å².